The van der Waals surface area contributed by atoms with Crippen LogP contribution in [0.4, 0.5) is 5.69 Å². The van der Waals surface area contributed by atoms with Crippen molar-refractivity contribution < 1.29 is 9.90 Å². The fourth-order valence-corrected chi connectivity index (χ4v) is 3.08. The molecule has 4 heteroatoms. The SMILES string of the molecule is Br.CCCC(C(=O)CC)c1ccc(-c2ccc(O)cc2)cc1N(C)C. The van der Waals surface area contributed by atoms with Gasteiger partial charge < -0.3 is 10.0 Å². The molecule has 0 fully saturated rings. The molecular formula is C21H28BrNO2. The molecule has 0 saturated heterocycles. The number of nitrogens with zero attached hydrogens (tertiary/aromatic N) is 1. The number of hydrogen-bond acceptors (Lipinski definition) is 3. The summed E-state index contributed by atoms with van der Waals surface area (Å²) in [4.78, 5) is 14.5. The molecule has 3 nitrogen and oxygen atoms in total. The van der Waals surface area contributed by atoms with Crippen molar-refractivity contribution >= 4 is 28.5 Å². The zero-order chi connectivity index (χ0) is 17.7. The van der Waals surface area contributed by atoms with Gasteiger partial charge in [0.05, 0.1) is 0 Å². The van der Waals surface area contributed by atoms with E-state index in [-0.39, 0.29) is 28.6 Å². The van der Waals surface area contributed by atoms with Gasteiger partial charge in [-0.1, -0.05) is 44.5 Å². The summed E-state index contributed by atoms with van der Waals surface area (Å²) >= 11 is 0. The summed E-state index contributed by atoms with van der Waals surface area (Å²) in [7, 11) is 4.03. The average Bonchev–Trinajstić information content (AvgIpc) is 2.59. The van der Waals surface area contributed by atoms with Crippen molar-refractivity contribution in [1.29, 1.82) is 0 Å². The lowest BCUT2D eigenvalue weighted by molar-refractivity contribution is -0.120. The highest BCUT2D eigenvalue weighted by Gasteiger charge is 2.22. The van der Waals surface area contributed by atoms with Gasteiger partial charge >= 0.3 is 0 Å². The lowest BCUT2D eigenvalue weighted by Crippen LogP contribution is -2.17. The second-order valence-corrected chi connectivity index (χ2v) is 6.38. The van der Waals surface area contributed by atoms with Crippen LogP contribution in [0.2, 0.25) is 0 Å². The van der Waals surface area contributed by atoms with Crippen LogP contribution in [0.25, 0.3) is 11.1 Å². The number of phenolic OH excluding ortho intramolecular Hbond substituents is 1. The lowest BCUT2D eigenvalue weighted by atomic mass is 9.86. The Morgan fingerprint density at radius 1 is 1.04 bits per heavy atom. The van der Waals surface area contributed by atoms with Crippen molar-refractivity contribution in [2.45, 2.75) is 39.0 Å². The van der Waals surface area contributed by atoms with E-state index in [4.69, 9.17) is 0 Å². The summed E-state index contributed by atoms with van der Waals surface area (Å²) in [6.07, 6.45) is 2.44. The Bertz CT molecular complexity index is 696. The molecule has 0 radical (unpaired) electrons. The van der Waals surface area contributed by atoms with Crippen LogP contribution in [0.5, 0.6) is 5.75 Å². The van der Waals surface area contributed by atoms with E-state index in [1.54, 1.807) is 12.1 Å². The van der Waals surface area contributed by atoms with Gasteiger partial charge in [-0.2, -0.15) is 0 Å². The summed E-state index contributed by atoms with van der Waals surface area (Å²) in [6, 6.07) is 13.5. The number of halogens is 1. The first-order valence-electron chi connectivity index (χ1n) is 8.61. The molecule has 0 aliphatic heterocycles. The molecule has 1 N–H and O–H groups in total. The minimum absolute atomic E-state index is 0. The van der Waals surface area contributed by atoms with Crippen LogP contribution < -0.4 is 4.90 Å². The zero-order valence-corrected chi connectivity index (χ0v) is 17.2. The maximum atomic E-state index is 12.4. The maximum absolute atomic E-state index is 12.4. The Morgan fingerprint density at radius 3 is 2.16 bits per heavy atom. The van der Waals surface area contributed by atoms with Crippen molar-refractivity contribution in [3.63, 3.8) is 0 Å². The van der Waals surface area contributed by atoms with E-state index in [1.165, 1.54) is 0 Å². The largest absolute Gasteiger partial charge is 0.508 e. The van der Waals surface area contributed by atoms with Crippen molar-refractivity contribution in [3.8, 4) is 16.9 Å². The standard InChI is InChI=1S/C21H27NO2.BrH/c1-5-7-19(21(24)6-2)18-13-10-16(14-20(18)22(3)4)15-8-11-17(23)12-9-15;/h8-14,19,23H,5-7H2,1-4H3;1H. The van der Waals surface area contributed by atoms with E-state index in [2.05, 4.69) is 30.0 Å². The van der Waals surface area contributed by atoms with Crippen LogP contribution in [0.15, 0.2) is 42.5 Å². The monoisotopic (exact) mass is 405 g/mol. The molecule has 0 aliphatic carbocycles. The predicted molar refractivity (Wildman–Crippen MR) is 111 cm³/mol. The quantitative estimate of drug-likeness (QED) is 0.654. The van der Waals surface area contributed by atoms with Gasteiger partial charge in [0.1, 0.15) is 11.5 Å². The molecule has 25 heavy (non-hydrogen) atoms. The minimum Gasteiger partial charge on any atom is -0.508 e. The smallest absolute Gasteiger partial charge is 0.140 e. The van der Waals surface area contributed by atoms with Gasteiger partial charge in [0, 0.05) is 32.1 Å². The molecule has 2 aromatic rings. The first-order chi connectivity index (χ1) is 11.5. The summed E-state index contributed by atoms with van der Waals surface area (Å²) in [5.41, 5.74) is 4.33. The van der Waals surface area contributed by atoms with Crippen LogP contribution in [0.1, 0.15) is 44.6 Å². The zero-order valence-electron chi connectivity index (χ0n) is 15.5. The molecule has 136 valence electrons. The number of carbonyl (C=O) groups is 1. The summed E-state index contributed by atoms with van der Waals surface area (Å²) in [6.45, 7) is 4.06. The molecule has 0 saturated carbocycles. The van der Waals surface area contributed by atoms with Crippen LogP contribution in [-0.2, 0) is 4.79 Å². The van der Waals surface area contributed by atoms with Crippen molar-refractivity contribution in [2.24, 2.45) is 0 Å². The van der Waals surface area contributed by atoms with E-state index in [0.717, 1.165) is 35.2 Å². The number of aromatic hydroxyl groups is 1. The third kappa shape index (κ3) is 5.08. The number of anilines is 1. The normalized spacial score (nSPS) is 11.5. The van der Waals surface area contributed by atoms with Gasteiger partial charge in [-0.25, -0.2) is 0 Å². The average molecular weight is 406 g/mol. The molecule has 1 unspecified atom stereocenters. The predicted octanol–water partition coefficient (Wildman–Crippen LogP) is 5.57. The van der Waals surface area contributed by atoms with Crippen LogP contribution >= 0.6 is 17.0 Å². The van der Waals surface area contributed by atoms with E-state index < -0.39 is 0 Å². The Kier molecular flexibility index (Phi) is 8.17. The van der Waals surface area contributed by atoms with Gasteiger partial charge in [0.15, 0.2) is 0 Å². The molecular weight excluding hydrogens is 378 g/mol. The molecule has 0 amide bonds. The Morgan fingerprint density at radius 2 is 1.64 bits per heavy atom. The highest BCUT2D eigenvalue weighted by Crippen LogP contribution is 2.35. The third-order valence-corrected chi connectivity index (χ3v) is 4.40. The number of hydrogen-bond donors (Lipinski definition) is 1. The number of ketones is 1. The van der Waals surface area contributed by atoms with E-state index in [0.29, 0.717) is 12.2 Å². The maximum Gasteiger partial charge on any atom is 0.140 e. The molecule has 2 aromatic carbocycles. The molecule has 0 bridgehead atoms. The molecule has 0 aromatic heterocycles. The Hall–Kier alpha value is -1.81. The molecule has 0 heterocycles. The van der Waals surface area contributed by atoms with Crippen molar-refractivity contribution in [1.82, 2.24) is 0 Å². The lowest BCUT2D eigenvalue weighted by Gasteiger charge is -2.24. The van der Waals surface area contributed by atoms with E-state index in [1.807, 2.05) is 33.2 Å². The first-order valence-corrected chi connectivity index (χ1v) is 8.61. The molecule has 2 rings (SSSR count). The summed E-state index contributed by atoms with van der Waals surface area (Å²) in [5.74, 6) is 0.531. The fourth-order valence-electron chi connectivity index (χ4n) is 3.08. The van der Waals surface area contributed by atoms with Gasteiger partial charge in [-0.05, 0) is 41.3 Å². The van der Waals surface area contributed by atoms with Gasteiger partial charge in [0.2, 0.25) is 0 Å². The number of phenols is 1. The Balaban J connectivity index is 0.00000312. The number of benzene rings is 2. The van der Waals surface area contributed by atoms with Crippen molar-refractivity contribution in [3.05, 3.63) is 48.0 Å². The second-order valence-electron chi connectivity index (χ2n) is 6.38. The van der Waals surface area contributed by atoms with Crippen LogP contribution in [0.3, 0.4) is 0 Å². The molecule has 0 spiro atoms. The van der Waals surface area contributed by atoms with Gasteiger partial charge in [0.25, 0.3) is 0 Å². The highest BCUT2D eigenvalue weighted by molar-refractivity contribution is 8.93. The second kappa shape index (κ2) is 9.62. The topological polar surface area (TPSA) is 40.5 Å². The third-order valence-electron chi connectivity index (χ3n) is 4.40. The van der Waals surface area contributed by atoms with Gasteiger partial charge in [-0.3, -0.25) is 4.79 Å². The molecule has 1 atom stereocenters. The van der Waals surface area contributed by atoms with Crippen molar-refractivity contribution in [2.75, 3.05) is 19.0 Å². The summed E-state index contributed by atoms with van der Waals surface area (Å²) < 4.78 is 0. The number of rotatable bonds is 7. The van der Waals surface area contributed by atoms with E-state index >= 15 is 0 Å². The Labute approximate surface area is 161 Å². The summed E-state index contributed by atoms with van der Waals surface area (Å²) in [5, 5.41) is 9.46. The number of carbonyl (C=O) groups excluding carboxylic acids is 1. The molecule has 0 aliphatic rings. The van der Waals surface area contributed by atoms with E-state index in [9.17, 15) is 9.90 Å². The number of Topliss-reactive ketones (excluding diaryl/α,β-unsaturated/α-hetero) is 1. The van der Waals surface area contributed by atoms with Crippen LogP contribution in [-0.4, -0.2) is 25.0 Å². The van der Waals surface area contributed by atoms with Crippen LogP contribution in [0, 0.1) is 0 Å². The fraction of sp³-hybridized carbons (Fsp3) is 0.381. The first kappa shape index (κ1) is 21.2. The highest BCUT2D eigenvalue weighted by atomic mass is 79.9. The van der Waals surface area contributed by atoms with Gasteiger partial charge in [-0.15, -0.1) is 17.0 Å². The minimum atomic E-state index is -0.0359.